The van der Waals surface area contributed by atoms with Gasteiger partial charge in [-0.05, 0) is 24.7 Å². The van der Waals surface area contributed by atoms with Gasteiger partial charge in [0, 0.05) is 5.38 Å². The number of hydrogen-bond donors (Lipinski definition) is 0. The van der Waals surface area contributed by atoms with Crippen LogP contribution in [0.2, 0.25) is 0 Å². The lowest BCUT2D eigenvalue weighted by atomic mass is 9.76. The van der Waals surface area contributed by atoms with Crippen molar-refractivity contribution in [2.75, 3.05) is 0 Å². The maximum absolute atomic E-state index is 4.51. The largest absolute Gasteiger partial charge is 0.250 e. The monoisotopic (exact) mass is 295 g/mol. The molecule has 0 aromatic carbocycles. The van der Waals surface area contributed by atoms with Crippen LogP contribution < -0.4 is 0 Å². The van der Waals surface area contributed by atoms with Crippen molar-refractivity contribution in [3.8, 4) is 0 Å². The van der Waals surface area contributed by atoms with Gasteiger partial charge in [0.25, 0.3) is 0 Å². The van der Waals surface area contributed by atoms with Crippen molar-refractivity contribution in [3.05, 3.63) is 16.6 Å². The van der Waals surface area contributed by atoms with Gasteiger partial charge in [0.05, 0.1) is 11.2 Å². The zero-order valence-corrected chi connectivity index (χ0v) is 14.6. The minimum absolute atomic E-state index is 0.468. The fourth-order valence-corrected chi connectivity index (χ4v) is 3.58. The minimum atomic E-state index is 0.468. The summed E-state index contributed by atoms with van der Waals surface area (Å²) in [7, 11) is 0. The second-order valence-corrected chi connectivity index (χ2v) is 7.31. The molecular weight excluding hydrogens is 262 g/mol. The van der Waals surface area contributed by atoms with Crippen molar-refractivity contribution in [3.63, 3.8) is 0 Å². The lowest BCUT2D eigenvalue weighted by Crippen LogP contribution is -2.20. The van der Waals surface area contributed by atoms with Crippen molar-refractivity contribution >= 4 is 11.3 Å². The molecule has 0 saturated carbocycles. The van der Waals surface area contributed by atoms with E-state index in [1.165, 1.54) is 76.3 Å². The molecule has 0 N–H and O–H groups in total. The Balaban J connectivity index is 2.43. The van der Waals surface area contributed by atoms with E-state index in [-0.39, 0.29) is 0 Å². The molecule has 0 bridgehead atoms. The Bertz CT molecular complexity index is 306. The van der Waals surface area contributed by atoms with Crippen LogP contribution in [0.5, 0.6) is 0 Å². The van der Waals surface area contributed by atoms with E-state index < -0.39 is 0 Å². The van der Waals surface area contributed by atoms with E-state index in [1.807, 2.05) is 5.51 Å². The zero-order valence-electron chi connectivity index (χ0n) is 13.8. The average molecular weight is 296 g/mol. The Kier molecular flexibility index (Phi) is 9.17. The van der Waals surface area contributed by atoms with E-state index in [2.05, 4.69) is 31.1 Å². The molecule has 0 saturated heterocycles. The third-order valence-corrected chi connectivity index (χ3v) is 4.99. The normalized spacial score (nSPS) is 11.9. The van der Waals surface area contributed by atoms with Crippen molar-refractivity contribution in [2.24, 2.45) is 5.41 Å². The highest BCUT2D eigenvalue weighted by Crippen LogP contribution is 2.35. The highest BCUT2D eigenvalue weighted by atomic mass is 32.1. The van der Waals surface area contributed by atoms with Crippen LogP contribution in [-0.4, -0.2) is 4.98 Å². The molecule has 0 aliphatic heterocycles. The first kappa shape index (κ1) is 17.7. The van der Waals surface area contributed by atoms with Gasteiger partial charge in [0.1, 0.15) is 0 Å². The van der Waals surface area contributed by atoms with Crippen molar-refractivity contribution in [2.45, 2.75) is 91.4 Å². The number of rotatable bonds is 12. The number of aromatic nitrogens is 1. The zero-order chi connectivity index (χ0) is 14.7. The van der Waals surface area contributed by atoms with E-state index in [1.54, 1.807) is 11.3 Å². The molecule has 1 aromatic rings. The first-order valence-corrected chi connectivity index (χ1v) is 9.51. The Labute approximate surface area is 130 Å². The Morgan fingerprint density at radius 1 is 0.950 bits per heavy atom. The molecule has 20 heavy (non-hydrogen) atoms. The van der Waals surface area contributed by atoms with Gasteiger partial charge >= 0.3 is 0 Å². The Hall–Kier alpha value is -0.370. The van der Waals surface area contributed by atoms with Crippen LogP contribution in [0.25, 0.3) is 0 Å². The van der Waals surface area contributed by atoms with Gasteiger partial charge < -0.3 is 0 Å². The molecule has 1 heterocycles. The maximum atomic E-state index is 4.51. The quantitative estimate of drug-likeness (QED) is 0.394. The molecular formula is C18H33NS. The predicted octanol–water partition coefficient (Wildman–Crippen LogP) is 6.63. The summed E-state index contributed by atoms with van der Waals surface area (Å²) in [6.07, 6.45) is 15.0. The molecule has 0 unspecified atom stereocenters. The summed E-state index contributed by atoms with van der Waals surface area (Å²) in [5.74, 6) is 0. The van der Waals surface area contributed by atoms with Gasteiger partial charge in [0.2, 0.25) is 0 Å². The Morgan fingerprint density at radius 2 is 1.55 bits per heavy atom. The molecule has 0 fully saturated rings. The lowest BCUT2D eigenvalue weighted by Gasteiger charge is -2.29. The van der Waals surface area contributed by atoms with E-state index >= 15 is 0 Å². The van der Waals surface area contributed by atoms with E-state index in [0.717, 1.165) is 0 Å². The van der Waals surface area contributed by atoms with Crippen LogP contribution in [0.1, 0.15) is 90.7 Å². The number of unbranched alkanes of at least 4 members (excludes halogenated alkanes) is 6. The van der Waals surface area contributed by atoms with E-state index in [9.17, 15) is 0 Å². The SMILES string of the molecule is CCCCCCC(C)(CCCCCC)Cc1cscn1. The lowest BCUT2D eigenvalue weighted by molar-refractivity contribution is 0.247. The second-order valence-electron chi connectivity index (χ2n) is 6.59. The second kappa shape index (κ2) is 10.4. The molecule has 1 nitrogen and oxygen atoms in total. The summed E-state index contributed by atoms with van der Waals surface area (Å²) < 4.78 is 0. The van der Waals surface area contributed by atoms with Crippen molar-refractivity contribution in [1.29, 1.82) is 0 Å². The first-order chi connectivity index (χ1) is 9.70. The van der Waals surface area contributed by atoms with Crippen molar-refractivity contribution in [1.82, 2.24) is 4.98 Å². The van der Waals surface area contributed by atoms with Crippen LogP contribution in [0.4, 0.5) is 0 Å². The fraction of sp³-hybridized carbons (Fsp3) is 0.833. The van der Waals surface area contributed by atoms with Crippen LogP contribution in [0, 0.1) is 5.41 Å². The number of thiazole rings is 1. The number of hydrogen-bond acceptors (Lipinski definition) is 2. The van der Waals surface area contributed by atoms with Crippen LogP contribution >= 0.6 is 11.3 Å². The van der Waals surface area contributed by atoms with E-state index in [4.69, 9.17) is 0 Å². The third-order valence-electron chi connectivity index (χ3n) is 4.36. The fourth-order valence-electron chi connectivity index (χ4n) is 3.02. The molecule has 2 heteroatoms. The molecule has 1 aromatic heterocycles. The Morgan fingerprint density at radius 3 is 2.00 bits per heavy atom. The molecule has 1 rings (SSSR count). The third kappa shape index (κ3) is 7.42. The summed E-state index contributed by atoms with van der Waals surface area (Å²) >= 11 is 1.73. The van der Waals surface area contributed by atoms with Crippen LogP contribution in [0.3, 0.4) is 0 Å². The number of nitrogens with zero attached hydrogens (tertiary/aromatic N) is 1. The molecule has 0 radical (unpaired) electrons. The van der Waals surface area contributed by atoms with Gasteiger partial charge in [-0.2, -0.15) is 0 Å². The summed E-state index contributed by atoms with van der Waals surface area (Å²) in [6.45, 7) is 7.07. The van der Waals surface area contributed by atoms with Gasteiger partial charge in [-0.3, -0.25) is 0 Å². The molecule has 0 aliphatic rings. The highest BCUT2D eigenvalue weighted by molar-refractivity contribution is 7.07. The van der Waals surface area contributed by atoms with Gasteiger partial charge in [-0.15, -0.1) is 11.3 Å². The molecule has 0 amide bonds. The smallest absolute Gasteiger partial charge is 0.0794 e. The molecule has 0 atom stereocenters. The summed E-state index contributed by atoms with van der Waals surface area (Å²) in [4.78, 5) is 4.51. The van der Waals surface area contributed by atoms with Crippen LogP contribution in [-0.2, 0) is 6.42 Å². The summed E-state index contributed by atoms with van der Waals surface area (Å²) in [5.41, 5.74) is 3.75. The van der Waals surface area contributed by atoms with Gasteiger partial charge in [-0.1, -0.05) is 72.1 Å². The van der Waals surface area contributed by atoms with Crippen molar-refractivity contribution < 1.29 is 0 Å². The predicted molar refractivity (Wildman–Crippen MR) is 91.4 cm³/mol. The van der Waals surface area contributed by atoms with Gasteiger partial charge in [-0.25, -0.2) is 4.98 Å². The molecule has 116 valence electrons. The summed E-state index contributed by atoms with van der Waals surface area (Å²) in [5, 5.41) is 2.23. The molecule has 0 spiro atoms. The average Bonchev–Trinajstić information content (AvgIpc) is 2.93. The minimum Gasteiger partial charge on any atom is -0.250 e. The summed E-state index contributed by atoms with van der Waals surface area (Å²) in [6, 6.07) is 0. The highest BCUT2D eigenvalue weighted by Gasteiger charge is 2.24. The van der Waals surface area contributed by atoms with Crippen LogP contribution in [0.15, 0.2) is 10.9 Å². The molecule has 0 aliphatic carbocycles. The first-order valence-electron chi connectivity index (χ1n) is 8.57. The standard InChI is InChI=1S/C18H33NS/c1-4-6-8-10-12-18(3,13-11-9-7-5-2)14-17-15-20-16-19-17/h15-16H,4-14H2,1-3H3. The maximum Gasteiger partial charge on any atom is 0.0794 e. The topological polar surface area (TPSA) is 12.9 Å². The van der Waals surface area contributed by atoms with Gasteiger partial charge in [0.15, 0.2) is 0 Å². The van der Waals surface area contributed by atoms with E-state index in [0.29, 0.717) is 5.41 Å².